The number of rotatable bonds is 3. The molecule has 4 nitrogen and oxygen atoms in total. The van der Waals surface area contributed by atoms with E-state index in [0.717, 1.165) is 11.1 Å². The lowest BCUT2D eigenvalue weighted by atomic mass is 9.78. The molecule has 0 radical (unpaired) electrons. The Labute approximate surface area is 101 Å². The number of hydrogen-bond donors (Lipinski definition) is 3. The Hall–Kier alpha value is -1.55. The summed E-state index contributed by atoms with van der Waals surface area (Å²) in [6.45, 7) is 6.92. The van der Waals surface area contributed by atoms with E-state index in [1.54, 1.807) is 26.0 Å². The summed E-state index contributed by atoms with van der Waals surface area (Å²) < 4.78 is 0. The first kappa shape index (κ1) is 13.5. The van der Waals surface area contributed by atoms with E-state index < -0.39 is 17.5 Å². The van der Waals surface area contributed by atoms with Crippen LogP contribution in [0.15, 0.2) is 12.1 Å². The van der Waals surface area contributed by atoms with Crippen molar-refractivity contribution in [3.8, 4) is 5.75 Å². The fourth-order valence-corrected chi connectivity index (χ4v) is 1.77. The molecular formula is C13H18O4. The van der Waals surface area contributed by atoms with E-state index in [4.69, 9.17) is 5.11 Å². The van der Waals surface area contributed by atoms with Crippen LogP contribution in [-0.4, -0.2) is 27.4 Å². The van der Waals surface area contributed by atoms with E-state index in [0.29, 0.717) is 5.56 Å². The molecule has 0 saturated carbocycles. The molecule has 0 fully saturated rings. The molecule has 0 aliphatic carbocycles. The zero-order valence-electron chi connectivity index (χ0n) is 10.5. The summed E-state index contributed by atoms with van der Waals surface area (Å²) in [5.74, 6) is -1.29. The molecule has 0 heterocycles. The van der Waals surface area contributed by atoms with Crippen molar-refractivity contribution in [1.29, 1.82) is 0 Å². The number of carbonyl (C=O) groups is 1. The van der Waals surface area contributed by atoms with Gasteiger partial charge in [0.2, 0.25) is 0 Å². The van der Waals surface area contributed by atoms with Crippen LogP contribution < -0.4 is 0 Å². The topological polar surface area (TPSA) is 77.8 Å². The summed E-state index contributed by atoms with van der Waals surface area (Å²) in [6.07, 6.45) is -1.56. The molecule has 94 valence electrons. The predicted molar refractivity (Wildman–Crippen MR) is 64.2 cm³/mol. The Kier molecular flexibility index (Phi) is 3.48. The van der Waals surface area contributed by atoms with Crippen molar-refractivity contribution >= 4 is 5.97 Å². The Morgan fingerprint density at radius 3 is 2.18 bits per heavy atom. The molecule has 1 atom stereocenters. The number of phenols is 1. The molecule has 0 aromatic heterocycles. The van der Waals surface area contributed by atoms with Crippen LogP contribution in [0.4, 0.5) is 0 Å². The minimum Gasteiger partial charge on any atom is -0.508 e. The van der Waals surface area contributed by atoms with Crippen LogP contribution in [0.25, 0.3) is 0 Å². The van der Waals surface area contributed by atoms with Gasteiger partial charge in [-0.3, -0.25) is 0 Å². The summed E-state index contributed by atoms with van der Waals surface area (Å²) in [4.78, 5) is 10.9. The van der Waals surface area contributed by atoms with Gasteiger partial charge >= 0.3 is 5.97 Å². The smallest absolute Gasteiger partial charge is 0.333 e. The Morgan fingerprint density at radius 1 is 1.24 bits per heavy atom. The summed E-state index contributed by atoms with van der Waals surface area (Å²) in [5, 5.41) is 28.4. The predicted octanol–water partition coefficient (Wildman–Crippen LogP) is 1.73. The number of aliphatic hydroxyl groups is 1. The Balaban J connectivity index is 3.33. The molecule has 0 saturated heterocycles. The molecule has 3 N–H and O–H groups in total. The molecule has 1 aromatic carbocycles. The van der Waals surface area contributed by atoms with Crippen molar-refractivity contribution in [2.75, 3.05) is 0 Å². The molecule has 0 amide bonds. The van der Waals surface area contributed by atoms with Gasteiger partial charge in [-0.2, -0.15) is 0 Å². The van der Waals surface area contributed by atoms with E-state index in [2.05, 4.69) is 0 Å². The lowest BCUT2D eigenvalue weighted by molar-refractivity contribution is -0.150. The third-order valence-corrected chi connectivity index (χ3v) is 3.22. The van der Waals surface area contributed by atoms with Gasteiger partial charge in [-0.15, -0.1) is 0 Å². The zero-order valence-corrected chi connectivity index (χ0v) is 10.5. The van der Waals surface area contributed by atoms with Gasteiger partial charge in [-0.25, -0.2) is 4.79 Å². The number of aromatic hydroxyl groups is 1. The highest BCUT2D eigenvalue weighted by atomic mass is 16.4. The van der Waals surface area contributed by atoms with Gasteiger partial charge in [0, 0.05) is 11.0 Å². The van der Waals surface area contributed by atoms with Crippen molar-refractivity contribution in [3.63, 3.8) is 0 Å². The summed E-state index contributed by atoms with van der Waals surface area (Å²) in [7, 11) is 0. The standard InChI is InChI=1S/C13H18O4/c1-7-5-9(10(14)6-8(7)2)13(3,4)11(15)12(16)17/h5-6,11,14-15H,1-4H3,(H,16,17). The molecule has 1 aromatic rings. The highest BCUT2D eigenvalue weighted by Gasteiger charge is 2.37. The van der Waals surface area contributed by atoms with Gasteiger partial charge in [-0.05, 0) is 31.0 Å². The zero-order chi connectivity index (χ0) is 13.4. The van der Waals surface area contributed by atoms with E-state index in [1.807, 2.05) is 13.8 Å². The lowest BCUT2D eigenvalue weighted by Crippen LogP contribution is -2.40. The van der Waals surface area contributed by atoms with Crippen LogP contribution >= 0.6 is 0 Å². The number of hydrogen-bond acceptors (Lipinski definition) is 3. The SMILES string of the molecule is Cc1cc(O)c(C(C)(C)C(O)C(=O)O)cc1C. The number of aliphatic hydroxyl groups excluding tert-OH is 1. The largest absolute Gasteiger partial charge is 0.508 e. The van der Waals surface area contributed by atoms with Crippen LogP contribution in [0.3, 0.4) is 0 Å². The van der Waals surface area contributed by atoms with Crippen molar-refractivity contribution in [2.45, 2.75) is 39.2 Å². The minimum atomic E-state index is -1.56. The highest BCUT2D eigenvalue weighted by molar-refractivity contribution is 5.74. The highest BCUT2D eigenvalue weighted by Crippen LogP contribution is 2.35. The molecule has 4 heteroatoms. The second-order valence-electron chi connectivity index (χ2n) is 4.92. The van der Waals surface area contributed by atoms with E-state index in [1.165, 1.54) is 0 Å². The number of carboxylic acids is 1. The van der Waals surface area contributed by atoms with Gasteiger partial charge in [0.15, 0.2) is 6.10 Å². The molecule has 0 aliphatic rings. The number of aliphatic carboxylic acids is 1. The molecule has 0 aliphatic heterocycles. The monoisotopic (exact) mass is 238 g/mol. The quantitative estimate of drug-likeness (QED) is 0.749. The first-order valence-electron chi connectivity index (χ1n) is 5.39. The van der Waals surface area contributed by atoms with Crippen LogP contribution in [0, 0.1) is 13.8 Å². The first-order chi connectivity index (χ1) is 7.67. The third-order valence-electron chi connectivity index (χ3n) is 3.22. The Bertz CT molecular complexity index is 449. The lowest BCUT2D eigenvalue weighted by Gasteiger charge is -2.29. The maximum absolute atomic E-state index is 10.9. The van der Waals surface area contributed by atoms with Gasteiger partial charge in [-0.1, -0.05) is 19.9 Å². The van der Waals surface area contributed by atoms with Crippen LogP contribution in [-0.2, 0) is 10.2 Å². The summed E-state index contributed by atoms with van der Waals surface area (Å²) in [5.41, 5.74) is 1.26. The van der Waals surface area contributed by atoms with Crippen molar-refractivity contribution in [3.05, 3.63) is 28.8 Å². The molecule has 0 bridgehead atoms. The number of phenolic OH excluding ortho intramolecular Hbond substituents is 1. The summed E-state index contributed by atoms with van der Waals surface area (Å²) in [6, 6.07) is 3.30. The fourth-order valence-electron chi connectivity index (χ4n) is 1.77. The van der Waals surface area contributed by atoms with E-state index >= 15 is 0 Å². The third kappa shape index (κ3) is 2.42. The van der Waals surface area contributed by atoms with Crippen molar-refractivity contribution < 1.29 is 20.1 Å². The Morgan fingerprint density at radius 2 is 1.71 bits per heavy atom. The molecular weight excluding hydrogens is 220 g/mol. The molecule has 1 rings (SSSR count). The van der Waals surface area contributed by atoms with Gasteiger partial charge in [0.05, 0.1) is 0 Å². The van der Waals surface area contributed by atoms with Gasteiger partial charge in [0.25, 0.3) is 0 Å². The first-order valence-corrected chi connectivity index (χ1v) is 5.39. The van der Waals surface area contributed by atoms with E-state index in [9.17, 15) is 15.0 Å². The summed E-state index contributed by atoms with van der Waals surface area (Å²) >= 11 is 0. The normalized spacial score (nSPS) is 13.5. The molecule has 0 spiro atoms. The number of benzene rings is 1. The van der Waals surface area contributed by atoms with Crippen LogP contribution in [0.2, 0.25) is 0 Å². The maximum atomic E-state index is 10.9. The van der Waals surface area contributed by atoms with Gasteiger partial charge < -0.3 is 15.3 Å². The molecule has 17 heavy (non-hydrogen) atoms. The fraction of sp³-hybridized carbons (Fsp3) is 0.462. The minimum absolute atomic E-state index is 0.0124. The average Bonchev–Trinajstić information content (AvgIpc) is 2.21. The van der Waals surface area contributed by atoms with Crippen LogP contribution in [0.1, 0.15) is 30.5 Å². The van der Waals surface area contributed by atoms with Crippen LogP contribution in [0.5, 0.6) is 5.75 Å². The van der Waals surface area contributed by atoms with E-state index in [-0.39, 0.29) is 5.75 Å². The second-order valence-corrected chi connectivity index (χ2v) is 4.92. The second kappa shape index (κ2) is 4.37. The van der Waals surface area contributed by atoms with Crippen molar-refractivity contribution in [2.24, 2.45) is 0 Å². The molecule has 1 unspecified atom stereocenters. The maximum Gasteiger partial charge on any atom is 0.333 e. The van der Waals surface area contributed by atoms with Crippen molar-refractivity contribution in [1.82, 2.24) is 0 Å². The number of carboxylic acid groups (broad SMARTS) is 1. The van der Waals surface area contributed by atoms with Gasteiger partial charge in [0.1, 0.15) is 5.75 Å². The number of aryl methyl sites for hydroxylation is 2. The average molecular weight is 238 g/mol.